The molecule has 10 heteroatoms. The summed E-state index contributed by atoms with van der Waals surface area (Å²) >= 11 is 0. The van der Waals surface area contributed by atoms with E-state index in [-0.39, 0.29) is 29.7 Å². The number of ether oxygens (including phenoxy) is 1. The first-order valence-electron chi connectivity index (χ1n) is 10.1. The van der Waals surface area contributed by atoms with Crippen molar-refractivity contribution in [2.75, 3.05) is 29.8 Å². The monoisotopic (exact) mass is 459 g/mol. The fraction of sp³-hybridized carbons (Fsp3) is 0.318. The molecule has 0 fully saturated rings. The van der Waals surface area contributed by atoms with E-state index in [1.165, 1.54) is 20.1 Å². The second-order valence-electron chi connectivity index (χ2n) is 7.40. The van der Waals surface area contributed by atoms with Crippen molar-refractivity contribution in [1.82, 2.24) is 5.32 Å². The molecule has 3 rings (SSSR count). The first-order valence-corrected chi connectivity index (χ1v) is 11.5. The Labute approximate surface area is 186 Å². The van der Waals surface area contributed by atoms with Crippen molar-refractivity contribution in [2.45, 2.75) is 31.1 Å². The average molecular weight is 460 g/mol. The number of hydrogen-bond acceptors (Lipinski definition) is 6. The van der Waals surface area contributed by atoms with Crippen LogP contribution in [0, 0.1) is 0 Å². The number of hydrogen-bond donors (Lipinski definition) is 2. The highest BCUT2D eigenvalue weighted by molar-refractivity contribution is 7.92. The molecule has 0 aromatic heterocycles. The largest absolute Gasteiger partial charge is 0.468 e. The summed E-state index contributed by atoms with van der Waals surface area (Å²) in [5, 5.41) is 2.44. The minimum atomic E-state index is -3.83. The molecule has 9 nitrogen and oxygen atoms in total. The highest BCUT2D eigenvalue weighted by Crippen LogP contribution is 2.30. The van der Waals surface area contributed by atoms with Crippen LogP contribution < -0.4 is 14.9 Å². The van der Waals surface area contributed by atoms with Gasteiger partial charge < -0.3 is 15.0 Å². The van der Waals surface area contributed by atoms with Crippen molar-refractivity contribution in [1.29, 1.82) is 0 Å². The van der Waals surface area contributed by atoms with Crippen LogP contribution >= 0.6 is 0 Å². The van der Waals surface area contributed by atoms with Gasteiger partial charge in [-0.25, -0.2) is 8.42 Å². The van der Waals surface area contributed by atoms with Gasteiger partial charge in [0.15, 0.2) is 0 Å². The molecule has 0 spiro atoms. The maximum atomic E-state index is 12.8. The van der Waals surface area contributed by atoms with Gasteiger partial charge in [-0.3, -0.25) is 19.1 Å². The van der Waals surface area contributed by atoms with Crippen LogP contribution in [0.3, 0.4) is 0 Å². The lowest BCUT2D eigenvalue weighted by atomic mass is 10.0. The number of methoxy groups -OCH3 is 1. The molecule has 0 atom stereocenters. The maximum Gasteiger partial charge on any atom is 0.325 e. The third-order valence-electron chi connectivity index (χ3n) is 5.09. The summed E-state index contributed by atoms with van der Waals surface area (Å²) in [6.45, 7) is 1.91. The highest BCUT2D eigenvalue weighted by Gasteiger charge is 2.23. The number of sulfonamides is 1. The topological polar surface area (TPSA) is 122 Å². The third kappa shape index (κ3) is 5.64. The van der Waals surface area contributed by atoms with Gasteiger partial charge in [0.1, 0.15) is 6.54 Å². The Kier molecular flexibility index (Phi) is 7.14. The van der Waals surface area contributed by atoms with Crippen LogP contribution in [-0.4, -0.2) is 46.4 Å². The van der Waals surface area contributed by atoms with E-state index >= 15 is 0 Å². The number of carbonyl (C=O) groups is 3. The number of nitrogens with zero attached hydrogens (tertiary/aromatic N) is 1. The van der Waals surface area contributed by atoms with E-state index in [0.29, 0.717) is 24.2 Å². The summed E-state index contributed by atoms with van der Waals surface area (Å²) in [5.41, 5.74) is 2.58. The summed E-state index contributed by atoms with van der Waals surface area (Å²) in [5.74, 6) is -0.963. The van der Waals surface area contributed by atoms with Crippen molar-refractivity contribution in [3.8, 4) is 0 Å². The second kappa shape index (κ2) is 9.82. The summed E-state index contributed by atoms with van der Waals surface area (Å²) in [6.07, 6.45) is 1.52. The number of aryl methyl sites for hydroxylation is 1. The summed E-state index contributed by atoms with van der Waals surface area (Å²) < 4.78 is 32.7. The Morgan fingerprint density at radius 3 is 2.47 bits per heavy atom. The molecule has 1 heterocycles. The summed E-state index contributed by atoms with van der Waals surface area (Å²) in [4.78, 5) is 36.5. The molecule has 0 aliphatic carbocycles. The van der Waals surface area contributed by atoms with Crippen LogP contribution in [0.1, 0.15) is 24.5 Å². The van der Waals surface area contributed by atoms with Crippen molar-refractivity contribution < 1.29 is 27.5 Å². The summed E-state index contributed by atoms with van der Waals surface area (Å²) in [6, 6.07) is 11.2. The zero-order valence-electron chi connectivity index (χ0n) is 17.9. The lowest BCUT2D eigenvalue weighted by molar-refractivity contribution is -0.141. The number of anilines is 2. The number of carbonyl (C=O) groups excluding carboxylic acids is 3. The molecule has 0 bridgehead atoms. The molecule has 2 aromatic rings. The molecule has 0 saturated heterocycles. The van der Waals surface area contributed by atoms with E-state index in [4.69, 9.17) is 0 Å². The Morgan fingerprint density at radius 2 is 1.81 bits per heavy atom. The van der Waals surface area contributed by atoms with Gasteiger partial charge >= 0.3 is 5.97 Å². The van der Waals surface area contributed by atoms with Crippen LogP contribution in [0.2, 0.25) is 0 Å². The lowest BCUT2D eigenvalue weighted by Crippen LogP contribution is -2.33. The maximum absolute atomic E-state index is 12.8. The van der Waals surface area contributed by atoms with Gasteiger partial charge in [0, 0.05) is 24.8 Å². The van der Waals surface area contributed by atoms with E-state index in [1.807, 2.05) is 0 Å². The zero-order valence-corrected chi connectivity index (χ0v) is 18.7. The van der Waals surface area contributed by atoms with E-state index in [0.717, 1.165) is 17.7 Å². The van der Waals surface area contributed by atoms with Gasteiger partial charge in [-0.15, -0.1) is 0 Å². The Bertz CT molecular complexity index is 1130. The van der Waals surface area contributed by atoms with Crippen molar-refractivity contribution in [2.24, 2.45) is 0 Å². The third-order valence-corrected chi connectivity index (χ3v) is 6.47. The number of nitrogens with one attached hydrogen (secondary N) is 2. The standard InChI is InChI=1S/C22H25N3O6S/c1-15(26)25-11-3-4-17-13-19(9-10-20(17)25)32(29,30)24-18-7-5-16(6-8-18)12-21(27)23-14-22(28)31-2/h5-10,13,24H,3-4,11-12,14H2,1-2H3,(H,23,27). The molecule has 0 unspecified atom stereocenters. The molecule has 2 N–H and O–H groups in total. The fourth-order valence-electron chi connectivity index (χ4n) is 3.46. The predicted octanol–water partition coefficient (Wildman–Crippen LogP) is 1.62. The van der Waals surface area contributed by atoms with Crippen LogP contribution in [0.4, 0.5) is 11.4 Å². The minimum Gasteiger partial charge on any atom is -0.468 e. The van der Waals surface area contributed by atoms with Gasteiger partial charge in [0.05, 0.1) is 18.4 Å². The molecular weight excluding hydrogens is 434 g/mol. The van der Waals surface area contributed by atoms with Crippen molar-refractivity contribution in [3.63, 3.8) is 0 Å². The Morgan fingerprint density at radius 1 is 1.09 bits per heavy atom. The van der Waals surface area contributed by atoms with E-state index in [9.17, 15) is 22.8 Å². The SMILES string of the molecule is COC(=O)CNC(=O)Cc1ccc(NS(=O)(=O)c2ccc3c(c2)CCCN3C(C)=O)cc1. The molecule has 170 valence electrons. The predicted molar refractivity (Wildman–Crippen MR) is 119 cm³/mol. The number of amides is 2. The first-order chi connectivity index (χ1) is 15.2. The fourth-order valence-corrected chi connectivity index (χ4v) is 4.57. The van der Waals surface area contributed by atoms with Gasteiger partial charge in [-0.05, 0) is 54.3 Å². The molecule has 1 aliphatic rings. The van der Waals surface area contributed by atoms with E-state index in [2.05, 4.69) is 14.8 Å². The number of benzene rings is 2. The number of fused-ring (bicyclic) bond motifs is 1. The second-order valence-corrected chi connectivity index (χ2v) is 9.08. The molecule has 32 heavy (non-hydrogen) atoms. The zero-order chi connectivity index (χ0) is 23.3. The van der Waals surface area contributed by atoms with Crippen molar-refractivity contribution >= 4 is 39.2 Å². The lowest BCUT2D eigenvalue weighted by Gasteiger charge is -2.28. The van der Waals surface area contributed by atoms with Crippen LogP contribution in [0.25, 0.3) is 0 Å². The smallest absolute Gasteiger partial charge is 0.325 e. The van der Waals surface area contributed by atoms with Crippen LogP contribution in [-0.2, 0) is 42.0 Å². The van der Waals surface area contributed by atoms with E-state index in [1.54, 1.807) is 41.3 Å². The Hall–Kier alpha value is -3.40. The van der Waals surface area contributed by atoms with Gasteiger partial charge in [-0.2, -0.15) is 0 Å². The number of esters is 1. The Balaban J connectivity index is 1.67. The highest BCUT2D eigenvalue weighted by atomic mass is 32.2. The molecular formula is C22H25N3O6S. The molecule has 2 amide bonds. The van der Waals surface area contributed by atoms with E-state index < -0.39 is 16.0 Å². The molecule has 1 aliphatic heterocycles. The number of rotatable bonds is 7. The normalized spacial score (nSPS) is 13.1. The molecule has 0 saturated carbocycles. The summed E-state index contributed by atoms with van der Waals surface area (Å²) in [7, 11) is -2.59. The van der Waals surface area contributed by atoms with Gasteiger partial charge in [-0.1, -0.05) is 12.1 Å². The molecule has 2 aromatic carbocycles. The quantitative estimate of drug-likeness (QED) is 0.607. The molecule has 0 radical (unpaired) electrons. The van der Waals surface area contributed by atoms with Gasteiger partial charge in [0.2, 0.25) is 11.8 Å². The minimum absolute atomic E-state index is 0.0431. The van der Waals surface area contributed by atoms with Gasteiger partial charge in [0.25, 0.3) is 10.0 Å². The van der Waals surface area contributed by atoms with Crippen molar-refractivity contribution in [3.05, 3.63) is 53.6 Å². The average Bonchev–Trinajstić information content (AvgIpc) is 2.77. The van der Waals surface area contributed by atoms with Crippen LogP contribution in [0.15, 0.2) is 47.4 Å². The van der Waals surface area contributed by atoms with Crippen LogP contribution in [0.5, 0.6) is 0 Å². The first kappa shape index (κ1) is 23.3.